The van der Waals surface area contributed by atoms with Gasteiger partial charge in [0, 0.05) is 10.3 Å². The molecule has 126 valence electrons. The molecule has 2 amide bonds. The lowest BCUT2D eigenvalue weighted by Crippen LogP contribution is -2.33. The predicted octanol–water partition coefficient (Wildman–Crippen LogP) is 2.89. The van der Waals surface area contributed by atoms with Crippen LogP contribution in [0.1, 0.15) is 23.8 Å². The molecule has 0 bridgehead atoms. The normalized spacial score (nSPS) is 20.3. The van der Waals surface area contributed by atoms with E-state index in [1.54, 1.807) is 17.7 Å². The van der Waals surface area contributed by atoms with E-state index in [1.807, 2.05) is 0 Å². The van der Waals surface area contributed by atoms with Crippen molar-refractivity contribution in [1.82, 2.24) is 14.9 Å². The second-order valence-electron chi connectivity index (χ2n) is 6.16. The number of aryl methyl sites for hydroxylation is 1. The first kappa shape index (κ1) is 15.8. The molecule has 0 N–H and O–H groups in total. The van der Waals surface area contributed by atoms with Gasteiger partial charge in [-0.2, -0.15) is 0 Å². The van der Waals surface area contributed by atoms with Crippen molar-refractivity contribution in [2.24, 2.45) is 5.92 Å². The van der Waals surface area contributed by atoms with Gasteiger partial charge in [-0.05, 0) is 30.7 Å². The highest BCUT2D eigenvalue weighted by Crippen LogP contribution is 2.40. The van der Waals surface area contributed by atoms with Crippen LogP contribution in [-0.2, 0) is 22.4 Å². The van der Waals surface area contributed by atoms with Gasteiger partial charge in [-0.15, -0.1) is 11.3 Å². The van der Waals surface area contributed by atoms with Gasteiger partial charge in [0.1, 0.15) is 22.8 Å². The Labute approximate surface area is 147 Å². The number of ether oxygens (including phenoxy) is 1. The van der Waals surface area contributed by atoms with E-state index in [0.717, 1.165) is 33.0 Å². The number of amides is 2. The van der Waals surface area contributed by atoms with Gasteiger partial charge in [0.15, 0.2) is 0 Å². The lowest BCUT2D eigenvalue weighted by atomic mass is 9.89. The Morgan fingerprint density at radius 2 is 2.38 bits per heavy atom. The highest BCUT2D eigenvalue weighted by atomic mass is 32.2. The maximum Gasteiger partial charge on any atom is 0.416 e. The summed E-state index contributed by atoms with van der Waals surface area (Å²) in [4.78, 5) is 36.0. The highest BCUT2D eigenvalue weighted by molar-refractivity contribution is 8.00. The van der Waals surface area contributed by atoms with Crippen molar-refractivity contribution >= 4 is 45.3 Å². The number of hydrogen-bond acceptors (Lipinski definition) is 7. The molecule has 24 heavy (non-hydrogen) atoms. The monoisotopic (exact) mass is 363 g/mol. The van der Waals surface area contributed by atoms with E-state index in [9.17, 15) is 9.59 Å². The van der Waals surface area contributed by atoms with Gasteiger partial charge in [-0.25, -0.2) is 19.7 Å². The third-order valence-electron chi connectivity index (χ3n) is 4.45. The molecule has 3 heterocycles. The molecule has 0 saturated carbocycles. The van der Waals surface area contributed by atoms with Crippen LogP contribution in [-0.4, -0.2) is 45.8 Å². The fraction of sp³-hybridized carbons (Fsp3) is 0.500. The molecule has 1 atom stereocenters. The molecule has 0 spiro atoms. The number of carbonyl (C=O) groups is 2. The zero-order valence-electron chi connectivity index (χ0n) is 13.3. The van der Waals surface area contributed by atoms with Crippen LogP contribution in [0.5, 0.6) is 0 Å². The minimum Gasteiger partial charge on any atom is -0.447 e. The number of cyclic esters (lactones) is 1. The van der Waals surface area contributed by atoms with Gasteiger partial charge in [-0.3, -0.25) is 4.79 Å². The third-order valence-corrected chi connectivity index (χ3v) is 6.59. The second-order valence-corrected chi connectivity index (χ2v) is 8.21. The Morgan fingerprint density at radius 1 is 1.50 bits per heavy atom. The molecule has 6 nitrogen and oxygen atoms in total. The van der Waals surface area contributed by atoms with Crippen LogP contribution in [0, 0.1) is 5.92 Å². The summed E-state index contributed by atoms with van der Waals surface area (Å²) in [6.07, 6.45) is 4.33. The summed E-state index contributed by atoms with van der Waals surface area (Å²) in [5.74, 6) is 0.659. The molecule has 8 heteroatoms. The van der Waals surface area contributed by atoms with Gasteiger partial charge in [0.25, 0.3) is 0 Å². The van der Waals surface area contributed by atoms with Gasteiger partial charge < -0.3 is 4.74 Å². The zero-order chi connectivity index (χ0) is 16.7. The maximum absolute atomic E-state index is 12.2. The molecule has 1 aliphatic heterocycles. The molecule has 0 aromatic carbocycles. The minimum absolute atomic E-state index is 0.183. The van der Waals surface area contributed by atoms with Crippen LogP contribution in [0.15, 0.2) is 11.4 Å². The molecule has 1 saturated heterocycles. The first-order valence-corrected chi connectivity index (χ1v) is 9.79. The molecule has 2 aromatic rings. The maximum atomic E-state index is 12.2. The Bertz CT molecular complexity index is 820. The van der Waals surface area contributed by atoms with Gasteiger partial charge in [-0.1, -0.05) is 18.7 Å². The number of thiophene rings is 1. The number of imide groups is 1. The Morgan fingerprint density at radius 3 is 3.17 bits per heavy atom. The average Bonchev–Trinajstić information content (AvgIpc) is 3.15. The van der Waals surface area contributed by atoms with E-state index < -0.39 is 6.09 Å². The highest BCUT2D eigenvalue weighted by Gasteiger charge is 2.29. The smallest absolute Gasteiger partial charge is 0.416 e. The number of rotatable bonds is 3. The van der Waals surface area contributed by atoms with Gasteiger partial charge >= 0.3 is 6.09 Å². The molecular weight excluding hydrogens is 346 g/mol. The Kier molecular flexibility index (Phi) is 4.17. The zero-order valence-corrected chi connectivity index (χ0v) is 14.9. The number of fused-ring (bicyclic) bond motifs is 3. The summed E-state index contributed by atoms with van der Waals surface area (Å²) >= 11 is 3.13. The van der Waals surface area contributed by atoms with Gasteiger partial charge in [0.05, 0.1) is 12.3 Å². The van der Waals surface area contributed by atoms with Crippen molar-refractivity contribution in [3.8, 4) is 0 Å². The number of hydrogen-bond donors (Lipinski definition) is 0. The quantitative estimate of drug-likeness (QED) is 0.617. The van der Waals surface area contributed by atoms with Crippen molar-refractivity contribution in [3.63, 3.8) is 0 Å². The van der Waals surface area contributed by atoms with Crippen LogP contribution in [0.2, 0.25) is 0 Å². The largest absolute Gasteiger partial charge is 0.447 e. The van der Waals surface area contributed by atoms with E-state index in [-0.39, 0.29) is 18.3 Å². The van der Waals surface area contributed by atoms with E-state index in [1.165, 1.54) is 28.6 Å². The molecule has 0 radical (unpaired) electrons. The lowest BCUT2D eigenvalue weighted by Gasteiger charge is -2.18. The minimum atomic E-state index is -0.546. The number of thioether (sulfide) groups is 1. The molecule has 1 aliphatic carbocycles. The Hall–Kier alpha value is -1.67. The summed E-state index contributed by atoms with van der Waals surface area (Å²) < 4.78 is 4.81. The van der Waals surface area contributed by atoms with Crippen LogP contribution in [0.3, 0.4) is 0 Å². The van der Waals surface area contributed by atoms with E-state index >= 15 is 0 Å². The summed E-state index contributed by atoms with van der Waals surface area (Å²) in [5, 5.41) is 1.94. The van der Waals surface area contributed by atoms with Crippen molar-refractivity contribution in [2.75, 3.05) is 18.9 Å². The standard InChI is InChI=1S/C16H17N3O3S2/c1-9-2-3-10-11(6-9)24-15-13(10)14(17-8-18-15)23-7-12(20)19-4-5-22-16(19)21/h8-9H,2-7H2,1H3/t9-/m0/s1. The number of aromatic nitrogens is 2. The van der Waals surface area contributed by atoms with Crippen LogP contribution < -0.4 is 0 Å². The second kappa shape index (κ2) is 6.33. The molecule has 2 aromatic heterocycles. The number of carbonyl (C=O) groups excluding carboxylic acids is 2. The predicted molar refractivity (Wildman–Crippen MR) is 92.4 cm³/mol. The third kappa shape index (κ3) is 2.77. The molecule has 2 aliphatic rings. The van der Waals surface area contributed by atoms with Crippen molar-refractivity contribution in [1.29, 1.82) is 0 Å². The van der Waals surface area contributed by atoms with Crippen LogP contribution in [0.25, 0.3) is 10.2 Å². The molecule has 0 unspecified atom stereocenters. The summed E-state index contributed by atoms with van der Waals surface area (Å²) in [7, 11) is 0. The van der Waals surface area contributed by atoms with E-state index in [2.05, 4.69) is 16.9 Å². The van der Waals surface area contributed by atoms with Crippen molar-refractivity contribution in [3.05, 3.63) is 16.8 Å². The first-order valence-electron chi connectivity index (χ1n) is 7.98. The fourth-order valence-electron chi connectivity index (χ4n) is 3.18. The van der Waals surface area contributed by atoms with Crippen molar-refractivity contribution in [2.45, 2.75) is 31.2 Å². The average molecular weight is 363 g/mol. The SMILES string of the molecule is C[C@H]1CCc2c(sc3ncnc(SCC(=O)N4CCOC4=O)c23)C1. The van der Waals surface area contributed by atoms with E-state index in [0.29, 0.717) is 12.5 Å². The van der Waals surface area contributed by atoms with E-state index in [4.69, 9.17) is 4.74 Å². The summed E-state index contributed by atoms with van der Waals surface area (Å²) in [6.45, 7) is 2.90. The number of nitrogens with zero attached hydrogens (tertiary/aromatic N) is 3. The fourth-order valence-corrected chi connectivity index (χ4v) is 5.50. The topological polar surface area (TPSA) is 72.4 Å². The molecule has 1 fully saturated rings. The Balaban J connectivity index is 1.58. The van der Waals surface area contributed by atoms with Crippen LogP contribution >= 0.6 is 23.1 Å². The summed E-state index contributed by atoms with van der Waals surface area (Å²) in [6, 6.07) is 0. The molecule has 4 rings (SSSR count). The van der Waals surface area contributed by atoms with Gasteiger partial charge in [0.2, 0.25) is 5.91 Å². The summed E-state index contributed by atoms with van der Waals surface area (Å²) in [5.41, 5.74) is 1.35. The van der Waals surface area contributed by atoms with Crippen molar-refractivity contribution < 1.29 is 14.3 Å². The molecular formula is C16H17N3O3S2. The first-order chi connectivity index (χ1) is 11.6. The lowest BCUT2D eigenvalue weighted by molar-refractivity contribution is -0.125. The van der Waals surface area contributed by atoms with Crippen LogP contribution in [0.4, 0.5) is 4.79 Å².